The molecule has 1 aliphatic rings. The highest BCUT2D eigenvalue weighted by molar-refractivity contribution is 7.92. The van der Waals surface area contributed by atoms with Gasteiger partial charge in [0.2, 0.25) is 0 Å². The Labute approximate surface area is 207 Å². The second-order valence-electron chi connectivity index (χ2n) is 10.1. The molecule has 0 fully saturated rings. The second kappa shape index (κ2) is 8.90. The highest BCUT2D eigenvalue weighted by atomic mass is 32.2. The van der Waals surface area contributed by atoms with Crippen molar-refractivity contribution in [2.75, 3.05) is 11.3 Å². The smallest absolute Gasteiger partial charge is 0.261 e. The third-order valence-electron chi connectivity index (χ3n) is 7.76. The molecule has 6 heteroatoms. The first-order valence-corrected chi connectivity index (χ1v) is 13.9. The van der Waals surface area contributed by atoms with E-state index in [4.69, 9.17) is 9.15 Å². The van der Waals surface area contributed by atoms with Crippen molar-refractivity contribution in [1.82, 2.24) is 0 Å². The molecule has 35 heavy (non-hydrogen) atoms. The molecule has 1 aromatic heterocycles. The van der Waals surface area contributed by atoms with Gasteiger partial charge >= 0.3 is 0 Å². The summed E-state index contributed by atoms with van der Waals surface area (Å²) in [5.74, 6) is 2.25. The standard InChI is InChI=1S/C29H33NO4S/c1-5-29(3,4)19-11-16-27-24(17-19)25-18-26(22-9-7-8-10-23(22)28(25)34-27)30-35(31,32)21-14-12-20(13-15-21)33-6-2/h7-10,12-15,18-19,30H,5-6,11,16-17H2,1-4H3/t19-/m0/s1. The molecule has 0 saturated heterocycles. The van der Waals surface area contributed by atoms with E-state index in [-0.39, 0.29) is 10.3 Å². The van der Waals surface area contributed by atoms with E-state index in [0.29, 0.717) is 24.0 Å². The molecule has 3 aromatic carbocycles. The van der Waals surface area contributed by atoms with Crippen LogP contribution >= 0.6 is 0 Å². The minimum absolute atomic E-state index is 0.198. The zero-order valence-electron chi connectivity index (χ0n) is 20.9. The van der Waals surface area contributed by atoms with Crippen molar-refractivity contribution < 1.29 is 17.6 Å². The zero-order valence-corrected chi connectivity index (χ0v) is 21.7. The van der Waals surface area contributed by atoms with Crippen molar-refractivity contribution in [2.45, 2.75) is 58.3 Å². The van der Waals surface area contributed by atoms with E-state index >= 15 is 0 Å². The Hall–Kier alpha value is -2.99. The van der Waals surface area contributed by atoms with E-state index in [1.165, 1.54) is 5.56 Å². The summed E-state index contributed by atoms with van der Waals surface area (Å²) in [6, 6.07) is 16.3. The number of furan rings is 1. The fourth-order valence-corrected chi connectivity index (χ4v) is 6.29. The maximum Gasteiger partial charge on any atom is 0.261 e. The summed E-state index contributed by atoms with van der Waals surface area (Å²) >= 11 is 0. The first kappa shape index (κ1) is 23.7. The van der Waals surface area contributed by atoms with Crippen LogP contribution in [0.1, 0.15) is 51.9 Å². The number of rotatable bonds is 7. The van der Waals surface area contributed by atoms with E-state index in [2.05, 4.69) is 25.5 Å². The number of fused-ring (bicyclic) bond motifs is 5. The lowest BCUT2D eigenvalue weighted by atomic mass is 9.69. The Morgan fingerprint density at radius 2 is 1.74 bits per heavy atom. The molecule has 5 nitrogen and oxygen atoms in total. The molecule has 0 amide bonds. The number of nitrogens with one attached hydrogen (secondary N) is 1. The first-order chi connectivity index (χ1) is 16.7. The molecule has 1 atom stereocenters. The fraction of sp³-hybridized carbons (Fsp3) is 0.379. The highest BCUT2D eigenvalue weighted by Crippen LogP contribution is 2.45. The van der Waals surface area contributed by atoms with Gasteiger partial charge in [0.1, 0.15) is 17.1 Å². The molecule has 1 N–H and O–H groups in total. The van der Waals surface area contributed by atoms with Gasteiger partial charge in [0.15, 0.2) is 0 Å². The SMILES string of the molecule is CCOc1ccc(S(=O)(=O)Nc2cc3c4c(oc3c3ccccc23)CC[C@H](C(C)(C)CC)C4)cc1. The molecular weight excluding hydrogens is 458 g/mol. The predicted molar refractivity (Wildman–Crippen MR) is 142 cm³/mol. The number of sulfonamides is 1. The molecule has 0 saturated carbocycles. The number of ether oxygens (including phenoxy) is 1. The Bertz CT molecular complexity index is 1480. The summed E-state index contributed by atoms with van der Waals surface area (Å²) in [6.07, 6.45) is 4.11. The average molecular weight is 492 g/mol. The zero-order chi connectivity index (χ0) is 24.8. The number of benzene rings is 3. The van der Waals surface area contributed by atoms with Gasteiger partial charge in [-0.3, -0.25) is 4.72 Å². The lowest BCUT2D eigenvalue weighted by Crippen LogP contribution is -2.28. The van der Waals surface area contributed by atoms with Gasteiger partial charge in [0.25, 0.3) is 10.0 Å². The van der Waals surface area contributed by atoms with Crippen LogP contribution in [0.15, 0.2) is 63.9 Å². The van der Waals surface area contributed by atoms with Crippen LogP contribution in [-0.4, -0.2) is 15.0 Å². The van der Waals surface area contributed by atoms with Crippen molar-refractivity contribution >= 4 is 37.5 Å². The van der Waals surface area contributed by atoms with E-state index in [0.717, 1.165) is 53.2 Å². The van der Waals surface area contributed by atoms with Gasteiger partial charge in [-0.2, -0.15) is 0 Å². The topological polar surface area (TPSA) is 68.5 Å². The lowest BCUT2D eigenvalue weighted by Gasteiger charge is -2.36. The predicted octanol–water partition coefficient (Wildman–Crippen LogP) is 7.33. The summed E-state index contributed by atoms with van der Waals surface area (Å²) in [6.45, 7) is 9.37. The van der Waals surface area contributed by atoms with Crippen molar-refractivity contribution in [3.05, 3.63) is 65.9 Å². The largest absolute Gasteiger partial charge is 0.494 e. The summed E-state index contributed by atoms with van der Waals surface area (Å²) < 4.78 is 41.4. The van der Waals surface area contributed by atoms with Gasteiger partial charge in [0, 0.05) is 28.1 Å². The van der Waals surface area contributed by atoms with Crippen LogP contribution in [0.4, 0.5) is 5.69 Å². The third-order valence-corrected chi connectivity index (χ3v) is 9.14. The molecule has 184 valence electrons. The van der Waals surface area contributed by atoms with Crippen LogP contribution in [-0.2, 0) is 22.9 Å². The highest BCUT2D eigenvalue weighted by Gasteiger charge is 2.34. The van der Waals surface area contributed by atoms with Crippen molar-refractivity contribution in [1.29, 1.82) is 0 Å². The van der Waals surface area contributed by atoms with Crippen LogP contribution in [0.25, 0.3) is 21.7 Å². The van der Waals surface area contributed by atoms with E-state index in [1.807, 2.05) is 37.3 Å². The maximum atomic E-state index is 13.3. The summed E-state index contributed by atoms with van der Waals surface area (Å²) in [5.41, 5.74) is 2.90. The molecule has 0 aliphatic heterocycles. The molecule has 1 heterocycles. The second-order valence-corrected chi connectivity index (χ2v) is 11.8. The fourth-order valence-electron chi connectivity index (χ4n) is 5.22. The van der Waals surface area contributed by atoms with Gasteiger partial charge in [-0.1, -0.05) is 51.5 Å². The van der Waals surface area contributed by atoms with E-state index < -0.39 is 10.0 Å². The molecule has 5 rings (SSSR count). The summed E-state index contributed by atoms with van der Waals surface area (Å²) in [5, 5.41) is 2.76. The van der Waals surface area contributed by atoms with Crippen LogP contribution in [0.5, 0.6) is 5.75 Å². The monoisotopic (exact) mass is 491 g/mol. The van der Waals surface area contributed by atoms with Crippen LogP contribution in [0.2, 0.25) is 0 Å². The molecule has 0 bridgehead atoms. The first-order valence-electron chi connectivity index (χ1n) is 12.4. The van der Waals surface area contributed by atoms with Gasteiger partial charge < -0.3 is 9.15 Å². The molecule has 0 unspecified atom stereocenters. The van der Waals surface area contributed by atoms with Crippen LogP contribution < -0.4 is 9.46 Å². The van der Waals surface area contributed by atoms with Gasteiger partial charge in [-0.05, 0) is 61.4 Å². The van der Waals surface area contributed by atoms with E-state index in [1.54, 1.807) is 24.3 Å². The van der Waals surface area contributed by atoms with Crippen molar-refractivity contribution in [3.63, 3.8) is 0 Å². The van der Waals surface area contributed by atoms with Gasteiger partial charge in [0.05, 0.1) is 17.2 Å². The lowest BCUT2D eigenvalue weighted by molar-refractivity contribution is 0.179. The van der Waals surface area contributed by atoms with E-state index in [9.17, 15) is 8.42 Å². The Kier molecular flexibility index (Phi) is 6.04. The maximum absolute atomic E-state index is 13.3. The van der Waals surface area contributed by atoms with Crippen molar-refractivity contribution in [2.24, 2.45) is 11.3 Å². The van der Waals surface area contributed by atoms with Crippen molar-refractivity contribution in [3.8, 4) is 5.75 Å². The number of hydrogen-bond acceptors (Lipinski definition) is 4. The molecule has 0 spiro atoms. The number of hydrogen-bond donors (Lipinski definition) is 1. The van der Waals surface area contributed by atoms with Crippen LogP contribution in [0, 0.1) is 11.3 Å². The Balaban J connectivity index is 1.60. The van der Waals surface area contributed by atoms with Gasteiger partial charge in [-0.25, -0.2) is 8.42 Å². The summed E-state index contributed by atoms with van der Waals surface area (Å²) in [4.78, 5) is 0.198. The number of aryl methyl sites for hydroxylation is 1. The number of anilines is 1. The molecular formula is C29H33NO4S. The summed E-state index contributed by atoms with van der Waals surface area (Å²) in [7, 11) is -3.78. The quantitative estimate of drug-likeness (QED) is 0.294. The van der Waals surface area contributed by atoms with Gasteiger partial charge in [-0.15, -0.1) is 0 Å². The molecule has 4 aromatic rings. The van der Waals surface area contributed by atoms with Crippen LogP contribution in [0.3, 0.4) is 0 Å². The molecule has 0 radical (unpaired) electrons. The minimum atomic E-state index is -3.78. The Morgan fingerprint density at radius 3 is 2.43 bits per heavy atom. The average Bonchev–Trinajstić information content (AvgIpc) is 3.22. The third kappa shape index (κ3) is 4.29. The normalized spacial score (nSPS) is 16.4. The Morgan fingerprint density at radius 1 is 1.03 bits per heavy atom. The molecule has 1 aliphatic carbocycles. The minimum Gasteiger partial charge on any atom is -0.494 e.